The summed E-state index contributed by atoms with van der Waals surface area (Å²) in [6, 6.07) is 14.8. The topological polar surface area (TPSA) is 94.0 Å². The van der Waals surface area contributed by atoms with E-state index in [0.717, 1.165) is 16.7 Å². The van der Waals surface area contributed by atoms with Crippen molar-refractivity contribution in [2.24, 2.45) is 11.7 Å². The van der Waals surface area contributed by atoms with Crippen molar-refractivity contribution in [3.05, 3.63) is 71.1 Å². The van der Waals surface area contributed by atoms with Gasteiger partial charge in [-0.25, -0.2) is 0 Å². The number of nitrogens with two attached hydrogens (primary N) is 1. The monoisotopic (exact) mass is 400 g/mol. The molecular weight excluding hydrogens is 376 g/mol. The minimum Gasteiger partial charge on any atom is -0.340 e. The molecule has 0 aliphatic heterocycles. The normalized spacial score (nSPS) is 11.8. The van der Waals surface area contributed by atoms with Crippen LogP contribution in [0, 0.1) is 12.8 Å². The molecule has 148 valence electrons. The molecule has 3 aromatic rings. The maximum absolute atomic E-state index is 12.6. The number of hydrogen-bond donors (Lipinski definition) is 2. The van der Waals surface area contributed by atoms with E-state index in [1.165, 1.54) is 0 Å². The van der Waals surface area contributed by atoms with Crippen LogP contribution < -0.4 is 11.1 Å². The molecule has 0 saturated heterocycles. The highest BCUT2D eigenvalue weighted by Crippen LogP contribution is 2.24. The molecule has 6 nitrogen and oxygen atoms in total. The number of aromatic nitrogens is 2. The maximum atomic E-state index is 12.6. The summed E-state index contributed by atoms with van der Waals surface area (Å²) in [4.78, 5) is 17.1. The second-order valence-electron chi connectivity index (χ2n) is 6.92. The number of halogens is 1. The molecular formula is C21H25ClN4O2. The van der Waals surface area contributed by atoms with Gasteiger partial charge in [-0.05, 0) is 30.5 Å². The smallest absolute Gasteiger partial charge is 0.251 e. The molecule has 0 aliphatic rings. The van der Waals surface area contributed by atoms with Crippen molar-refractivity contribution >= 4 is 18.3 Å². The first-order valence-electron chi connectivity index (χ1n) is 8.98. The van der Waals surface area contributed by atoms with Gasteiger partial charge in [-0.3, -0.25) is 4.79 Å². The van der Waals surface area contributed by atoms with E-state index < -0.39 is 0 Å². The lowest BCUT2D eigenvalue weighted by Gasteiger charge is -2.18. The van der Waals surface area contributed by atoms with E-state index in [1.54, 1.807) is 6.07 Å². The van der Waals surface area contributed by atoms with Crippen molar-refractivity contribution in [2.45, 2.75) is 33.4 Å². The van der Waals surface area contributed by atoms with Crippen LogP contribution >= 0.6 is 12.4 Å². The number of carbonyl (C=O) groups is 1. The van der Waals surface area contributed by atoms with Gasteiger partial charge in [0, 0.05) is 17.7 Å². The maximum Gasteiger partial charge on any atom is 0.251 e. The van der Waals surface area contributed by atoms with Gasteiger partial charge in [0.2, 0.25) is 11.7 Å². The first-order valence-corrected chi connectivity index (χ1v) is 8.98. The first-order chi connectivity index (χ1) is 13.0. The van der Waals surface area contributed by atoms with Crippen LogP contribution in [0.25, 0.3) is 11.4 Å². The average Bonchev–Trinajstić information content (AvgIpc) is 3.15. The van der Waals surface area contributed by atoms with Crippen LogP contribution in [0.4, 0.5) is 0 Å². The number of nitrogens with zero attached hydrogens (tertiary/aromatic N) is 2. The van der Waals surface area contributed by atoms with Crippen LogP contribution in [-0.4, -0.2) is 16.0 Å². The van der Waals surface area contributed by atoms with Gasteiger partial charge in [-0.15, -0.1) is 12.4 Å². The largest absolute Gasteiger partial charge is 0.340 e. The van der Waals surface area contributed by atoms with Crippen molar-refractivity contribution in [3.63, 3.8) is 0 Å². The predicted molar refractivity (Wildman–Crippen MR) is 111 cm³/mol. The van der Waals surface area contributed by atoms with Crippen LogP contribution in [0.1, 0.15) is 47.3 Å². The Hall–Kier alpha value is -2.70. The SMILES string of the molecule is Cc1cccc(C(=O)NC(c2nc(-c3ccc(CN)cc3)no2)C(C)C)c1.Cl. The first kappa shape index (κ1) is 21.6. The summed E-state index contributed by atoms with van der Waals surface area (Å²) in [5.41, 5.74) is 9.15. The molecule has 0 radical (unpaired) electrons. The number of nitrogens with one attached hydrogen (secondary N) is 1. The molecule has 1 heterocycles. The quantitative estimate of drug-likeness (QED) is 0.650. The molecule has 0 saturated carbocycles. The van der Waals surface area contributed by atoms with Gasteiger partial charge >= 0.3 is 0 Å². The molecule has 0 spiro atoms. The zero-order chi connectivity index (χ0) is 19.4. The summed E-state index contributed by atoms with van der Waals surface area (Å²) in [5.74, 6) is 0.809. The number of rotatable bonds is 6. The Morgan fingerprint density at radius 3 is 2.50 bits per heavy atom. The molecule has 1 unspecified atom stereocenters. The Kier molecular flexibility index (Phi) is 7.31. The van der Waals surface area contributed by atoms with Gasteiger partial charge in [-0.2, -0.15) is 4.98 Å². The Balaban J connectivity index is 0.00000280. The van der Waals surface area contributed by atoms with Gasteiger partial charge in [0.15, 0.2) is 0 Å². The van der Waals surface area contributed by atoms with Gasteiger partial charge in [0.1, 0.15) is 6.04 Å². The van der Waals surface area contributed by atoms with Gasteiger partial charge < -0.3 is 15.6 Å². The number of amides is 1. The molecule has 7 heteroatoms. The Bertz CT molecular complexity index is 922. The molecule has 1 atom stereocenters. The lowest BCUT2D eigenvalue weighted by Crippen LogP contribution is -2.32. The molecule has 3 rings (SSSR count). The lowest BCUT2D eigenvalue weighted by atomic mass is 10.0. The molecule has 2 aromatic carbocycles. The Labute approximate surface area is 170 Å². The van der Waals surface area contributed by atoms with Gasteiger partial charge in [0.25, 0.3) is 5.91 Å². The number of benzene rings is 2. The minimum absolute atomic E-state index is 0. The van der Waals surface area contributed by atoms with E-state index in [9.17, 15) is 4.79 Å². The van der Waals surface area contributed by atoms with Crippen LogP contribution in [0.2, 0.25) is 0 Å². The van der Waals surface area contributed by atoms with Crippen LogP contribution in [0.3, 0.4) is 0 Å². The van der Waals surface area contributed by atoms with E-state index in [2.05, 4.69) is 15.5 Å². The standard InChI is InChI=1S/C21H24N4O2.ClH/c1-13(2)18(23-20(26)17-6-4-5-14(3)11-17)21-24-19(25-27-21)16-9-7-15(12-22)8-10-16;/h4-11,13,18H,12,22H2,1-3H3,(H,23,26);1H. The summed E-state index contributed by atoms with van der Waals surface area (Å²) in [5, 5.41) is 7.08. The fraction of sp³-hybridized carbons (Fsp3) is 0.286. The predicted octanol–water partition coefficient (Wildman–Crippen LogP) is 4.05. The third-order valence-corrected chi connectivity index (χ3v) is 4.39. The summed E-state index contributed by atoms with van der Waals surface area (Å²) >= 11 is 0. The van der Waals surface area contributed by atoms with E-state index >= 15 is 0 Å². The zero-order valence-electron chi connectivity index (χ0n) is 16.2. The average molecular weight is 401 g/mol. The Morgan fingerprint density at radius 2 is 1.89 bits per heavy atom. The number of hydrogen-bond acceptors (Lipinski definition) is 5. The molecule has 1 aromatic heterocycles. The van der Waals surface area contributed by atoms with Crippen molar-refractivity contribution in [1.29, 1.82) is 0 Å². The van der Waals surface area contributed by atoms with E-state index in [0.29, 0.717) is 23.8 Å². The number of carbonyl (C=O) groups excluding carboxylic acids is 1. The van der Waals surface area contributed by atoms with Crippen molar-refractivity contribution in [3.8, 4) is 11.4 Å². The molecule has 0 aliphatic carbocycles. The lowest BCUT2D eigenvalue weighted by molar-refractivity contribution is 0.0914. The van der Waals surface area contributed by atoms with Crippen LogP contribution in [-0.2, 0) is 6.54 Å². The van der Waals surface area contributed by atoms with Gasteiger partial charge in [-0.1, -0.05) is 61.0 Å². The highest BCUT2D eigenvalue weighted by Gasteiger charge is 2.25. The molecule has 3 N–H and O–H groups in total. The molecule has 0 bridgehead atoms. The second kappa shape index (κ2) is 9.48. The third kappa shape index (κ3) is 4.97. The summed E-state index contributed by atoms with van der Waals surface area (Å²) in [7, 11) is 0. The highest BCUT2D eigenvalue weighted by atomic mass is 35.5. The fourth-order valence-corrected chi connectivity index (χ4v) is 2.79. The molecule has 0 fully saturated rings. The van der Waals surface area contributed by atoms with Crippen molar-refractivity contribution in [1.82, 2.24) is 15.5 Å². The summed E-state index contributed by atoms with van der Waals surface area (Å²) in [6.07, 6.45) is 0. The van der Waals surface area contributed by atoms with Crippen LogP contribution in [0.15, 0.2) is 53.1 Å². The van der Waals surface area contributed by atoms with Crippen LogP contribution in [0.5, 0.6) is 0 Å². The third-order valence-electron chi connectivity index (χ3n) is 4.39. The highest BCUT2D eigenvalue weighted by molar-refractivity contribution is 5.94. The molecule has 1 amide bonds. The number of aryl methyl sites for hydroxylation is 1. The van der Waals surface area contributed by atoms with Gasteiger partial charge in [0.05, 0.1) is 0 Å². The van der Waals surface area contributed by atoms with E-state index in [-0.39, 0.29) is 30.3 Å². The fourth-order valence-electron chi connectivity index (χ4n) is 2.79. The minimum atomic E-state index is -0.373. The second-order valence-corrected chi connectivity index (χ2v) is 6.92. The van der Waals surface area contributed by atoms with Crippen molar-refractivity contribution < 1.29 is 9.32 Å². The summed E-state index contributed by atoms with van der Waals surface area (Å²) < 4.78 is 5.46. The van der Waals surface area contributed by atoms with E-state index in [4.69, 9.17) is 10.3 Å². The summed E-state index contributed by atoms with van der Waals surface area (Å²) in [6.45, 7) is 6.44. The molecule has 28 heavy (non-hydrogen) atoms. The van der Waals surface area contributed by atoms with Crippen molar-refractivity contribution in [2.75, 3.05) is 0 Å². The Morgan fingerprint density at radius 1 is 1.18 bits per heavy atom. The van der Waals surface area contributed by atoms with E-state index in [1.807, 2.05) is 63.2 Å². The zero-order valence-corrected chi connectivity index (χ0v) is 17.0.